The molecule has 0 aliphatic carbocycles. The summed E-state index contributed by atoms with van der Waals surface area (Å²) in [5, 5.41) is 5.15. The van der Waals surface area contributed by atoms with Gasteiger partial charge in [0.2, 0.25) is 17.7 Å². The molecule has 0 spiro atoms. The molecule has 0 bridgehead atoms. The highest BCUT2D eigenvalue weighted by molar-refractivity contribution is 5.92. The first-order valence-electron chi connectivity index (χ1n) is 11.8. The number of carbonyl (C=O) groups is 5. The Balaban J connectivity index is 3.17. The Hall–Kier alpha value is -3.63. The number of esters is 1. The maximum Gasteiger partial charge on any atom is 0.408 e. The summed E-state index contributed by atoms with van der Waals surface area (Å²) in [4.78, 5) is 63.2. The number of ether oxygens (including phenoxy) is 2. The van der Waals surface area contributed by atoms with Crippen LogP contribution in [-0.2, 0) is 28.7 Å². The van der Waals surface area contributed by atoms with E-state index >= 15 is 0 Å². The molecule has 36 heavy (non-hydrogen) atoms. The number of likely N-dealkylation sites (N-methyl/N-ethyl adjacent to an activating group) is 1. The molecule has 0 fully saturated rings. The normalized spacial score (nSPS) is 12.6. The lowest BCUT2D eigenvalue weighted by atomic mass is 10.0. The van der Waals surface area contributed by atoms with Crippen LogP contribution in [0.1, 0.15) is 64.1 Å². The smallest absolute Gasteiger partial charge is 0.408 e. The number of hydrogen-bond acceptors (Lipinski definition) is 7. The van der Waals surface area contributed by atoms with Crippen LogP contribution in [0.3, 0.4) is 0 Å². The molecular weight excluding hydrogens is 468 g/mol. The van der Waals surface area contributed by atoms with E-state index in [-0.39, 0.29) is 32.4 Å². The highest BCUT2D eigenvalue weighted by Crippen LogP contribution is 2.22. The molecule has 11 nitrogen and oxygen atoms in total. The lowest BCUT2D eigenvalue weighted by Crippen LogP contribution is -2.52. The van der Waals surface area contributed by atoms with Crippen LogP contribution < -0.4 is 16.4 Å². The summed E-state index contributed by atoms with van der Waals surface area (Å²) in [7, 11) is 1.42. The lowest BCUT2D eigenvalue weighted by Gasteiger charge is -2.31. The van der Waals surface area contributed by atoms with Gasteiger partial charge in [0.15, 0.2) is 0 Å². The van der Waals surface area contributed by atoms with Crippen molar-refractivity contribution in [1.82, 2.24) is 15.5 Å². The first-order valence-corrected chi connectivity index (χ1v) is 11.8. The van der Waals surface area contributed by atoms with E-state index in [1.54, 1.807) is 52.0 Å². The third kappa shape index (κ3) is 10.7. The monoisotopic (exact) mass is 506 g/mol. The van der Waals surface area contributed by atoms with Crippen LogP contribution in [0.2, 0.25) is 0 Å². The van der Waals surface area contributed by atoms with E-state index in [0.717, 1.165) is 5.56 Å². The van der Waals surface area contributed by atoms with Crippen molar-refractivity contribution in [2.24, 2.45) is 5.73 Å². The second-order valence-electron chi connectivity index (χ2n) is 9.31. The number of benzene rings is 1. The predicted octanol–water partition coefficient (Wildman–Crippen LogP) is 1.72. The van der Waals surface area contributed by atoms with Gasteiger partial charge < -0.3 is 30.7 Å². The van der Waals surface area contributed by atoms with E-state index in [4.69, 9.17) is 15.2 Å². The lowest BCUT2D eigenvalue weighted by molar-refractivity contribution is -0.144. The van der Waals surface area contributed by atoms with Crippen molar-refractivity contribution in [3.05, 3.63) is 35.4 Å². The van der Waals surface area contributed by atoms with Crippen molar-refractivity contribution < 1.29 is 33.4 Å². The average molecular weight is 507 g/mol. The molecule has 0 radical (unpaired) electrons. The number of alkyl carbamates (subject to hydrolysis) is 1. The molecule has 2 atom stereocenters. The molecule has 200 valence electrons. The number of primary amides is 1. The minimum Gasteiger partial charge on any atom is -0.466 e. The molecule has 0 aromatic heterocycles. The third-order valence-corrected chi connectivity index (χ3v) is 4.98. The number of nitrogens with one attached hydrogen (secondary N) is 2. The molecule has 1 aromatic carbocycles. The van der Waals surface area contributed by atoms with Crippen LogP contribution in [0.25, 0.3) is 0 Å². The van der Waals surface area contributed by atoms with Gasteiger partial charge in [-0.25, -0.2) is 4.79 Å². The van der Waals surface area contributed by atoms with Gasteiger partial charge in [-0.15, -0.1) is 0 Å². The number of carbonyl (C=O) groups excluding carboxylic acids is 5. The summed E-state index contributed by atoms with van der Waals surface area (Å²) in [6, 6.07) is 4.80. The number of rotatable bonds is 12. The number of hydrogen-bond donors (Lipinski definition) is 3. The van der Waals surface area contributed by atoms with Gasteiger partial charge in [-0.2, -0.15) is 0 Å². The zero-order chi connectivity index (χ0) is 27.5. The van der Waals surface area contributed by atoms with E-state index in [1.165, 1.54) is 11.9 Å². The fraction of sp³-hybridized carbons (Fsp3) is 0.560. The van der Waals surface area contributed by atoms with Gasteiger partial charge in [-0.05, 0) is 46.6 Å². The Labute approximate surface area is 212 Å². The number of aryl methyl sites for hydroxylation is 1. The largest absolute Gasteiger partial charge is 0.466 e. The second kappa shape index (κ2) is 14.1. The highest BCUT2D eigenvalue weighted by Gasteiger charge is 2.34. The van der Waals surface area contributed by atoms with Crippen molar-refractivity contribution in [3.8, 4) is 0 Å². The van der Waals surface area contributed by atoms with Crippen LogP contribution in [0.5, 0.6) is 0 Å². The second-order valence-corrected chi connectivity index (χ2v) is 9.31. The van der Waals surface area contributed by atoms with Crippen molar-refractivity contribution in [1.29, 1.82) is 0 Å². The summed E-state index contributed by atoms with van der Waals surface area (Å²) < 4.78 is 10.1. The molecule has 0 aliphatic heterocycles. The van der Waals surface area contributed by atoms with Gasteiger partial charge in [0.1, 0.15) is 17.7 Å². The maximum atomic E-state index is 13.5. The molecule has 11 heteroatoms. The van der Waals surface area contributed by atoms with Gasteiger partial charge in [-0.3, -0.25) is 19.2 Å². The van der Waals surface area contributed by atoms with Gasteiger partial charge >= 0.3 is 12.1 Å². The van der Waals surface area contributed by atoms with Crippen LogP contribution in [0.4, 0.5) is 4.79 Å². The molecular formula is C25H38N4O7. The van der Waals surface area contributed by atoms with Crippen LogP contribution >= 0.6 is 0 Å². The molecule has 4 N–H and O–H groups in total. The number of amides is 4. The predicted molar refractivity (Wildman–Crippen MR) is 133 cm³/mol. The molecule has 2 unspecified atom stereocenters. The van der Waals surface area contributed by atoms with E-state index in [9.17, 15) is 24.0 Å². The molecule has 1 aromatic rings. The number of nitrogens with two attached hydrogens (primary N) is 1. The van der Waals surface area contributed by atoms with E-state index in [2.05, 4.69) is 10.6 Å². The minimum absolute atomic E-state index is 0.0172. The molecule has 0 aliphatic rings. The van der Waals surface area contributed by atoms with Crippen molar-refractivity contribution in [2.45, 2.75) is 71.6 Å². The van der Waals surface area contributed by atoms with Crippen molar-refractivity contribution in [2.75, 3.05) is 20.2 Å². The third-order valence-electron chi connectivity index (χ3n) is 4.98. The Morgan fingerprint density at radius 1 is 1.06 bits per heavy atom. The quantitative estimate of drug-likeness (QED) is 0.364. The summed E-state index contributed by atoms with van der Waals surface area (Å²) in [5.74, 6) is -2.24. The topological polar surface area (TPSA) is 157 Å². The Kier molecular flexibility index (Phi) is 11.9. The standard InChI is InChI=1S/C25H38N4O7/c1-7-35-20(31)14-15-27-22(32)21(17-10-8-16(2)9-11-17)29(6)23(33)18(12-13-19(26)30)28-24(34)36-25(3,4)5/h8-11,18,21H,7,12-15H2,1-6H3,(H2,26,30)(H,27,32)(H,28,34). The van der Waals surface area contributed by atoms with E-state index < -0.39 is 47.5 Å². The summed E-state index contributed by atoms with van der Waals surface area (Å²) in [6.07, 6.45) is -1.12. The van der Waals surface area contributed by atoms with Gasteiger partial charge in [0, 0.05) is 20.0 Å². The van der Waals surface area contributed by atoms with E-state index in [1.807, 2.05) is 6.92 Å². The van der Waals surface area contributed by atoms with Gasteiger partial charge in [-0.1, -0.05) is 29.8 Å². The highest BCUT2D eigenvalue weighted by atomic mass is 16.6. The van der Waals surface area contributed by atoms with E-state index in [0.29, 0.717) is 5.56 Å². The zero-order valence-electron chi connectivity index (χ0n) is 21.9. The average Bonchev–Trinajstić information content (AvgIpc) is 2.76. The SMILES string of the molecule is CCOC(=O)CCNC(=O)C(c1ccc(C)cc1)N(C)C(=O)C(CCC(N)=O)NC(=O)OC(C)(C)C. The zero-order valence-corrected chi connectivity index (χ0v) is 21.9. The maximum absolute atomic E-state index is 13.5. The Bertz CT molecular complexity index is 925. The van der Waals surface area contributed by atoms with Gasteiger partial charge in [0.05, 0.1) is 13.0 Å². The molecule has 4 amide bonds. The van der Waals surface area contributed by atoms with Crippen molar-refractivity contribution >= 4 is 29.8 Å². The first kappa shape index (κ1) is 30.4. The minimum atomic E-state index is -1.17. The molecule has 1 rings (SSSR count). The van der Waals surface area contributed by atoms with Crippen molar-refractivity contribution in [3.63, 3.8) is 0 Å². The molecule has 0 saturated heterocycles. The fourth-order valence-corrected chi connectivity index (χ4v) is 3.28. The number of nitrogens with zero attached hydrogens (tertiary/aromatic N) is 1. The van der Waals surface area contributed by atoms with Crippen LogP contribution in [0, 0.1) is 6.92 Å². The Morgan fingerprint density at radius 2 is 1.67 bits per heavy atom. The van der Waals surface area contributed by atoms with Crippen LogP contribution in [0.15, 0.2) is 24.3 Å². The summed E-state index contributed by atoms with van der Waals surface area (Å²) in [6.45, 7) is 8.84. The Morgan fingerprint density at radius 3 is 2.19 bits per heavy atom. The van der Waals surface area contributed by atoms with Crippen LogP contribution in [-0.4, -0.2) is 66.5 Å². The summed E-state index contributed by atoms with van der Waals surface area (Å²) >= 11 is 0. The molecule has 0 saturated carbocycles. The first-order chi connectivity index (χ1) is 16.7. The van der Waals surface area contributed by atoms with Gasteiger partial charge in [0.25, 0.3) is 0 Å². The molecule has 0 heterocycles. The fourth-order valence-electron chi connectivity index (χ4n) is 3.28. The summed E-state index contributed by atoms with van der Waals surface area (Å²) in [5.41, 5.74) is 5.93.